The second kappa shape index (κ2) is 13.4. The van der Waals surface area contributed by atoms with Crippen LogP contribution in [0.25, 0.3) is 0 Å². The Kier molecular flexibility index (Phi) is 11.7. The van der Waals surface area contributed by atoms with Crippen molar-refractivity contribution in [2.45, 2.75) is 25.9 Å². The quantitative estimate of drug-likeness (QED) is 0.530. The normalized spacial score (nSPS) is 12.5. The van der Waals surface area contributed by atoms with Gasteiger partial charge in [-0.3, -0.25) is 9.69 Å². The van der Waals surface area contributed by atoms with Gasteiger partial charge in [-0.25, -0.2) is 4.39 Å². The number of hydrogen-bond donors (Lipinski definition) is 1. The molecule has 1 saturated carbocycles. The third kappa shape index (κ3) is 8.93. The third-order valence-corrected chi connectivity index (χ3v) is 5.09. The molecule has 0 heterocycles. The van der Waals surface area contributed by atoms with Gasteiger partial charge in [0, 0.05) is 20.1 Å². The lowest BCUT2D eigenvalue weighted by molar-refractivity contribution is -0.121. The zero-order chi connectivity index (χ0) is 20.6. The highest BCUT2D eigenvalue weighted by Gasteiger charge is 2.25. The number of amides is 1. The van der Waals surface area contributed by atoms with Gasteiger partial charge < -0.3 is 14.8 Å². The summed E-state index contributed by atoms with van der Waals surface area (Å²) in [4.78, 5) is 14.0. The average molecular weight is 473 g/mol. The van der Waals surface area contributed by atoms with E-state index in [-0.39, 0.29) is 43.1 Å². The summed E-state index contributed by atoms with van der Waals surface area (Å²) >= 11 is 0. The van der Waals surface area contributed by atoms with Crippen LogP contribution in [0.3, 0.4) is 0 Å². The van der Waals surface area contributed by atoms with Crippen LogP contribution in [0.2, 0.25) is 0 Å². The molecule has 1 N–H and O–H groups in total. The molecule has 5 nitrogen and oxygen atoms in total. The molecule has 0 spiro atoms. The van der Waals surface area contributed by atoms with Gasteiger partial charge in [0.2, 0.25) is 5.91 Å². The Labute approximate surface area is 196 Å². The Morgan fingerprint density at radius 3 is 2.55 bits per heavy atom. The fourth-order valence-corrected chi connectivity index (χ4v) is 3.24. The van der Waals surface area contributed by atoms with Gasteiger partial charge in [-0.05, 0) is 60.6 Å². The Morgan fingerprint density at radius 1 is 1.13 bits per heavy atom. The Morgan fingerprint density at radius 2 is 1.90 bits per heavy atom. The molecular formula is C23H31Cl2FN2O3. The molecule has 172 valence electrons. The highest BCUT2D eigenvalue weighted by molar-refractivity contribution is 5.85. The van der Waals surface area contributed by atoms with Gasteiger partial charge in [-0.15, -0.1) is 24.8 Å². The first-order valence-corrected chi connectivity index (χ1v) is 10.0. The maximum atomic E-state index is 13.3. The maximum absolute atomic E-state index is 13.3. The van der Waals surface area contributed by atoms with E-state index in [1.165, 1.54) is 25.0 Å². The van der Waals surface area contributed by atoms with Crippen LogP contribution in [0.5, 0.6) is 11.5 Å². The van der Waals surface area contributed by atoms with E-state index in [2.05, 4.69) is 10.2 Å². The van der Waals surface area contributed by atoms with E-state index in [4.69, 9.17) is 9.47 Å². The SMILES string of the molecule is CNC(=O)CN(CCc1ccc(OCc2cccc(F)c2)c(OC)c1)CC1CC1.Cl.Cl. The van der Waals surface area contributed by atoms with Crippen molar-refractivity contribution in [1.82, 2.24) is 10.2 Å². The molecule has 0 aromatic heterocycles. The predicted octanol–water partition coefficient (Wildman–Crippen LogP) is 4.26. The molecule has 0 saturated heterocycles. The number of methoxy groups -OCH3 is 1. The lowest BCUT2D eigenvalue weighted by Crippen LogP contribution is -2.38. The first-order chi connectivity index (χ1) is 14.1. The number of carbonyl (C=O) groups excluding carboxylic acids is 1. The van der Waals surface area contributed by atoms with Crippen molar-refractivity contribution in [2.24, 2.45) is 5.92 Å². The highest BCUT2D eigenvalue weighted by Crippen LogP contribution is 2.31. The van der Waals surface area contributed by atoms with Crippen molar-refractivity contribution in [3.63, 3.8) is 0 Å². The summed E-state index contributed by atoms with van der Waals surface area (Å²) in [5, 5.41) is 2.70. The molecule has 2 aromatic carbocycles. The standard InChI is InChI=1S/C23H29FN2O3.2ClH/c1-25-23(27)15-26(14-18-6-7-18)11-10-17-8-9-21(22(13-17)28-2)29-16-19-4-3-5-20(24)12-19;;/h3-5,8-9,12-13,18H,6-7,10-11,14-16H2,1-2H3,(H,25,27);2*1H. The summed E-state index contributed by atoms with van der Waals surface area (Å²) in [6.45, 7) is 2.49. The first kappa shape index (κ1) is 27.0. The van der Waals surface area contributed by atoms with Gasteiger partial charge >= 0.3 is 0 Å². The van der Waals surface area contributed by atoms with Crippen molar-refractivity contribution in [3.8, 4) is 11.5 Å². The van der Waals surface area contributed by atoms with Crippen LogP contribution < -0.4 is 14.8 Å². The first-order valence-electron chi connectivity index (χ1n) is 10.0. The summed E-state index contributed by atoms with van der Waals surface area (Å²) in [6.07, 6.45) is 3.34. The van der Waals surface area contributed by atoms with E-state index >= 15 is 0 Å². The molecule has 0 aliphatic heterocycles. The average Bonchev–Trinajstić information content (AvgIpc) is 3.54. The Hall–Kier alpha value is -2.02. The van der Waals surface area contributed by atoms with E-state index in [9.17, 15) is 9.18 Å². The largest absolute Gasteiger partial charge is 0.493 e. The van der Waals surface area contributed by atoms with Crippen LogP contribution >= 0.6 is 24.8 Å². The minimum absolute atomic E-state index is 0. The zero-order valence-corrected chi connectivity index (χ0v) is 19.6. The number of ether oxygens (including phenoxy) is 2. The number of nitrogens with one attached hydrogen (secondary N) is 1. The summed E-state index contributed by atoms with van der Waals surface area (Å²) in [5.41, 5.74) is 1.89. The lowest BCUT2D eigenvalue weighted by atomic mass is 10.1. The van der Waals surface area contributed by atoms with Crippen LogP contribution in [-0.2, 0) is 17.8 Å². The van der Waals surface area contributed by atoms with E-state index in [0.717, 1.165) is 36.6 Å². The van der Waals surface area contributed by atoms with E-state index in [1.807, 2.05) is 24.3 Å². The number of halogens is 3. The van der Waals surface area contributed by atoms with Crippen LogP contribution in [0.15, 0.2) is 42.5 Å². The number of nitrogens with zero attached hydrogens (tertiary/aromatic N) is 1. The molecule has 1 aliphatic rings. The molecule has 1 aliphatic carbocycles. The molecule has 0 unspecified atom stereocenters. The van der Waals surface area contributed by atoms with Gasteiger partial charge in [0.1, 0.15) is 12.4 Å². The van der Waals surface area contributed by atoms with Crippen LogP contribution in [0.1, 0.15) is 24.0 Å². The number of benzene rings is 2. The van der Waals surface area contributed by atoms with Gasteiger partial charge in [-0.1, -0.05) is 18.2 Å². The minimum atomic E-state index is -0.277. The molecule has 31 heavy (non-hydrogen) atoms. The van der Waals surface area contributed by atoms with Gasteiger partial charge in [0.15, 0.2) is 11.5 Å². The van der Waals surface area contributed by atoms with Crippen LogP contribution in [0.4, 0.5) is 4.39 Å². The molecule has 0 bridgehead atoms. The van der Waals surface area contributed by atoms with Crippen LogP contribution in [0, 0.1) is 11.7 Å². The molecular weight excluding hydrogens is 442 g/mol. The lowest BCUT2D eigenvalue weighted by Gasteiger charge is -2.21. The highest BCUT2D eigenvalue weighted by atomic mass is 35.5. The second-order valence-electron chi connectivity index (χ2n) is 7.51. The summed E-state index contributed by atoms with van der Waals surface area (Å²) in [7, 11) is 3.28. The molecule has 1 fully saturated rings. The zero-order valence-electron chi connectivity index (χ0n) is 17.9. The second-order valence-corrected chi connectivity index (χ2v) is 7.51. The number of hydrogen-bond acceptors (Lipinski definition) is 4. The van der Waals surface area contributed by atoms with Gasteiger partial charge in [0.05, 0.1) is 13.7 Å². The number of rotatable bonds is 11. The van der Waals surface area contributed by atoms with Gasteiger partial charge in [0.25, 0.3) is 0 Å². The number of carbonyl (C=O) groups is 1. The van der Waals surface area contributed by atoms with E-state index in [1.54, 1.807) is 20.2 Å². The summed E-state index contributed by atoms with van der Waals surface area (Å²) in [5.74, 6) is 1.78. The predicted molar refractivity (Wildman–Crippen MR) is 125 cm³/mol. The van der Waals surface area contributed by atoms with Crippen molar-refractivity contribution in [1.29, 1.82) is 0 Å². The van der Waals surface area contributed by atoms with Crippen molar-refractivity contribution in [2.75, 3.05) is 33.8 Å². The number of likely N-dealkylation sites (N-methyl/N-ethyl adjacent to an activating group) is 1. The fourth-order valence-electron chi connectivity index (χ4n) is 3.24. The molecule has 8 heteroatoms. The fraction of sp³-hybridized carbons (Fsp3) is 0.435. The molecule has 1 amide bonds. The molecule has 3 rings (SSSR count). The molecule has 2 aromatic rings. The molecule has 0 atom stereocenters. The van der Waals surface area contributed by atoms with Crippen molar-refractivity contribution in [3.05, 3.63) is 59.4 Å². The summed E-state index contributed by atoms with van der Waals surface area (Å²) in [6, 6.07) is 12.2. The minimum Gasteiger partial charge on any atom is -0.493 e. The van der Waals surface area contributed by atoms with Crippen molar-refractivity contribution >= 4 is 30.7 Å². The monoisotopic (exact) mass is 472 g/mol. The topological polar surface area (TPSA) is 50.8 Å². The Balaban J connectivity index is 0.00000240. The van der Waals surface area contributed by atoms with Gasteiger partial charge in [-0.2, -0.15) is 0 Å². The van der Waals surface area contributed by atoms with Crippen LogP contribution in [-0.4, -0.2) is 44.6 Å². The maximum Gasteiger partial charge on any atom is 0.233 e. The third-order valence-electron chi connectivity index (χ3n) is 5.09. The molecule has 0 radical (unpaired) electrons. The summed E-state index contributed by atoms with van der Waals surface area (Å²) < 4.78 is 24.6. The van der Waals surface area contributed by atoms with E-state index in [0.29, 0.717) is 18.0 Å². The smallest absolute Gasteiger partial charge is 0.233 e. The van der Waals surface area contributed by atoms with Crippen molar-refractivity contribution < 1.29 is 18.7 Å². The van der Waals surface area contributed by atoms with E-state index < -0.39 is 0 Å². The Bertz CT molecular complexity index is 834.